The third kappa shape index (κ3) is 2.82. The largest absolute Gasteiger partial charge is 0.374 e. The number of nitrogens with zero attached hydrogens (tertiary/aromatic N) is 1. The molecule has 0 aromatic rings. The minimum atomic E-state index is 0.310. The van der Waals surface area contributed by atoms with E-state index in [0.717, 1.165) is 36.5 Å². The summed E-state index contributed by atoms with van der Waals surface area (Å²) in [4.78, 5) is 14.4. The Kier molecular flexibility index (Phi) is 5.22. The first-order valence-corrected chi connectivity index (χ1v) is 11.7. The van der Waals surface area contributed by atoms with E-state index in [0.29, 0.717) is 41.4 Å². The number of ether oxygens (including phenoxy) is 1. The van der Waals surface area contributed by atoms with Crippen molar-refractivity contribution in [1.82, 2.24) is 4.90 Å². The van der Waals surface area contributed by atoms with Gasteiger partial charge in [-0.05, 0) is 85.9 Å². The van der Waals surface area contributed by atoms with Gasteiger partial charge in [0.2, 0.25) is 5.91 Å². The van der Waals surface area contributed by atoms with Gasteiger partial charge >= 0.3 is 0 Å². The van der Waals surface area contributed by atoms with Crippen LogP contribution in [0.15, 0.2) is 12.7 Å². The molecule has 1 saturated heterocycles. The normalized spacial score (nSPS) is 49.2. The van der Waals surface area contributed by atoms with E-state index in [2.05, 4.69) is 46.2 Å². The number of rotatable bonds is 4. The molecule has 0 spiro atoms. The van der Waals surface area contributed by atoms with Crippen LogP contribution < -0.4 is 0 Å². The van der Waals surface area contributed by atoms with Gasteiger partial charge < -0.3 is 9.64 Å². The minimum Gasteiger partial charge on any atom is -0.374 e. The number of piperidine rings is 1. The quantitative estimate of drug-likeness (QED) is 0.612. The summed E-state index contributed by atoms with van der Waals surface area (Å²) in [5.74, 6) is 4.19. The van der Waals surface area contributed by atoms with Gasteiger partial charge in [-0.1, -0.05) is 26.8 Å². The molecule has 1 amide bonds. The van der Waals surface area contributed by atoms with E-state index in [1.165, 1.54) is 32.1 Å². The van der Waals surface area contributed by atoms with Crippen LogP contribution in [0.3, 0.4) is 0 Å². The number of carbonyl (C=O) groups excluding carboxylic acids is 1. The Morgan fingerprint density at radius 3 is 2.68 bits per heavy atom. The van der Waals surface area contributed by atoms with Crippen molar-refractivity contribution >= 4 is 5.91 Å². The maximum Gasteiger partial charge on any atom is 0.222 e. The second-order valence-corrected chi connectivity index (χ2v) is 11.1. The van der Waals surface area contributed by atoms with Crippen LogP contribution in [0, 0.1) is 40.4 Å². The number of amides is 1. The number of hydrogen-bond donors (Lipinski definition) is 0. The molecule has 3 saturated carbocycles. The Bertz CT molecular complexity index is 632. The monoisotopic (exact) mass is 387 g/mol. The maximum atomic E-state index is 12.3. The summed E-state index contributed by atoms with van der Waals surface area (Å²) >= 11 is 0. The lowest BCUT2D eigenvalue weighted by Crippen LogP contribution is -2.61. The van der Waals surface area contributed by atoms with Gasteiger partial charge in [-0.15, -0.1) is 6.58 Å². The fourth-order valence-electron chi connectivity index (χ4n) is 8.88. The summed E-state index contributed by atoms with van der Waals surface area (Å²) in [6.45, 7) is 14.4. The summed E-state index contributed by atoms with van der Waals surface area (Å²) < 4.78 is 6.17. The van der Waals surface area contributed by atoms with Gasteiger partial charge in [0.05, 0.1) is 12.7 Å². The van der Waals surface area contributed by atoms with Gasteiger partial charge in [0.1, 0.15) is 0 Å². The van der Waals surface area contributed by atoms with Crippen LogP contribution in [0.25, 0.3) is 0 Å². The first-order valence-electron chi connectivity index (χ1n) is 11.7. The van der Waals surface area contributed by atoms with Crippen LogP contribution in [0.5, 0.6) is 0 Å². The molecule has 0 aromatic carbocycles. The van der Waals surface area contributed by atoms with Gasteiger partial charge in [0, 0.05) is 19.5 Å². The van der Waals surface area contributed by atoms with Crippen molar-refractivity contribution in [3.05, 3.63) is 12.7 Å². The number of hydrogen-bond acceptors (Lipinski definition) is 2. The van der Waals surface area contributed by atoms with Gasteiger partial charge in [0.15, 0.2) is 0 Å². The Morgan fingerprint density at radius 2 is 1.96 bits per heavy atom. The predicted octanol–water partition coefficient (Wildman–Crippen LogP) is 5.30. The molecule has 3 heteroatoms. The number of carbonyl (C=O) groups is 1. The molecule has 4 rings (SSSR count). The van der Waals surface area contributed by atoms with E-state index >= 15 is 0 Å². The molecular formula is C25H41NO2. The Hall–Kier alpha value is -0.830. The van der Waals surface area contributed by atoms with Gasteiger partial charge in [0.25, 0.3) is 0 Å². The molecule has 3 nitrogen and oxygen atoms in total. The SMILES string of the molecule is C=CCOC(C)[C@H]1[C@@H](C)C[C@H]2[C@@H]3CC[C@H]4N(C)C(=O)CC[C@]4(C)[C@H]3CC[C@@]21C. The molecule has 1 aliphatic heterocycles. The van der Waals surface area contributed by atoms with Crippen LogP contribution in [-0.4, -0.2) is 36.6 Å². The molecule has 158 valence electrons. The molecule has 1 unspecified atom stereocenters. The highest BCUT2D eigenvalue weighted by atomic mass is 16.5. The molecular weight excluding hydrogens is 346 g/mol. The minimum absolute atomic E-state index is 0.310. The zero-order valence-electron chi connectivity index (χ0n) is 18.7. The van der Waals surface area contributed by atoms with E-state index in [-0.39, 0.29) is 0 Å². The Balaban J connectivity index is 1.59. The highest BCUT2D eigenvalue weighted by Crippen LogP contribution is 2.67. The van der Waals surface area contributed by atoms with E-state index in [1.54, 1.807) is 0 Å². The second kappa shape index (κ2) is 7.15. The lowest BCUT2D eigenvalue weighted by atomic mass is 9.46. The standard InChI is InChI=1S/C25H41NO2/c1-7-14-28-17(3)23-16(2)15-20-18-8-9-21-24(4,13-11-22(27)26(21)6)19(18)10-12-25(20,23)5/h7,16-21,23H,1,8-15H2,2-6H3/t16-,17?,18+,19-,20-,21+,23+,24+,25-/m0/s1. The van der Waals surface area contributed by atoms with Gasteiger partial charge in [-0.3, -0.25) is 4.79 Å². The van der Waals surface area contributed by atoms with Crippen LogP contribution in [0.2, 0.25) is 0 Å². The lowest BCUT2D eigenvalue weighted by Gasteiger charge is -2.62. The summed E-state index contributed by atoms with van der Waals surface area (Å²) in [5.41, 5.74) is 0.722. The summed E-state index contributed by atoms with van der Waals surface area (Å²) in [5, 5.41) is 0. The van der Waals surface area contributed by atoms with E-state index in [4.69, 9.17) is 4.74 Å². The highest BCUT2D eigenvalue weighted by molar-refractivity contribution is 5.77. The number of fused-ring (bicyclic) bond motifs is 5. The van der Waals surface area contributed by atoms with Crippen molar-refractivity contribution in [2.24, 2.45) is 40.4 Å². The maximum absolute atomic E-state index is 12.3. The zero-order valence-corrected chi connectivity index (χ0v) is 18.7. The van der Waals surface area contributed by atoms with Crippen molar-refractivity contribution in [1.29, 1.82) is 0 Å². The third-order valence-corrected chi connectivity index (χ3v) is 9.98. The lowest BCUT2D eigenvalue weighted by molar-refractivity contribution is -0.160. The van der Waals surface area contributed by atoms with E-state index < -0.39 is 0 Å². The fraction of sp³-hybridized carbons (Fsp3) is 0.880. The molecule has 9 atom stereocenters. The summed E-state index contributed by atoms with van der Waals surface area (Å²) in [6.07, 6.45) is 10.6. The summed E-state index contributed by atoms with van der Waals surface area (Å²) in [7, 11) is 2.06. The second-order valence-electron chi connectivity index (χ2n) is 11.1. The van der Waals surface area contributed by atoms with Crippen molar-refractivity contribution in [2.45, 2.75) is 84.8 Å². The molecule has 0 bridgehead atoms. The molecule has 1 heterocycles. The smallest absolute Gasteiger partial charge is 0.222 e. The molecule has 4 fully saturated rings. The molecule has 0 radical (unpaired) electrons. The van der Waals surface area contributed by atoms with E-state index in [1.807, 2.05) is 6.08 Å². The average molecular weight is 388 g/mol. The predicted molar refractivity (Wildman–Crippen MR) is 114 cm³/mol. The van der Waals surface area contributed by atoms with Crippen LogP contribution in [0.4, 0.5) is 0 Å². The average Bonchev–Trinajstić information content (AvgIpc) is 2.93. The molecule has 0 aromatic heterocycles. The van der Waals surface area contributed by atoms with Crippen molar-refractivity contribution in [3.63, 3.8) is 0 Å². The number of likely N-dealkylation sites (tertiary alicyclic amines) is 1. The topological polar surface area (TPSA) is 29.5 Å². The molecule has 4 aliphatic rings. The van der Waals surface area contributed by atoms with Crippen molar-refractivity contribution in [2.75, 3.05) is 13.7 Å². The van der Waals surface area contributed by atoms with Crippen LogP contribution in [-0.2, 0) is 9.53 Å². The first kappa shape index (κ1) is 20.4. The highest BCUT2D eigenvalue weighted by Gasteiger charge is 2.63. The third-order valence-electron chi connectivity index (χ3n) is 9.98. The molecule has 0 N–H and O–H groups in total. The van der Waals surface area contributed by atoms with Crippen LogP contribution >= 0.6 is 0 Å². The van der Waals surface area contributed by atoms with Crippen LogP contribution in [0.1, 0.15) is 72.6 Å². The molecule has 3 aliphatic carbocycles. The Morgan fingerprint density at radius 1 is 1.21 bits per heavy atom. The molecule has 28 heavy (non-hydrogen) atoms. The van der Waals surface area contributed by atoms with Crippen molar-refractivity contribution in [3.8, 4) is 0 Å². The van der Waals surface area contributed by atoms with E-state index in [9.17, 15) is 4.79 Å². The fourth-order valence-corrected chi connectivity index (χ4v) is 8.88. The van der Waals surface area contributed by atoms with Crippen molar-refractivity contribution < 1.29 is 9.53 Å². The zero-order chi connectivity index (χ0) is 20.3. The van der Waals surface area contributed by atoms with Gasteiger partial charge in [-0.2, -0.15) is 0 Å². The Labute approximate surface area is 172 Å². The first-order chi connectivity index (χ1) is 13.2. The van der Waals surface area contributed by atoms with Gasteiger partial charge in [-0.25, -0.2) is 0 Å². The summed E-state index contributed by atoms with van der Waals surface area (Å²) in [6, 6.07) is 0.462.